The number of aromatic nitrogens is 2. The Morgan fingerprint density at radius 1 is 1.15 bits per heavy atom. The average Bonchev–Trinajstić information content (AvgIpc) is 2.64. The van der Waals surface area contributed by atoms with Crippen molar-refractivity contribution in [1.82, 2.24) is 9.78 Å². The fourth-order valence-electron chi connectivity index (χ4n) is 2.46. The van der Waals surface area contributed by atoms with Crippen molar-refractivity contribution in [3.8, 4) is 11.5 Å². The van der Waals surface area contributed by atoms with E-state index in [2.05, 4.69) is 5.10 Å². The predicted octanol–water partition coefficient (Wildman–Crippen LogP) is 2.07. The third-order valence-electron chi connectivity index (χ3n) is 3.71. The van der Waals surface area contributed by atoms with Crippen molar-refractivity contribution in [3.63, 3.8) is 0 Å². The number of fused-ring (bicyclic) bond motifs is 1. The number of ether oxygens (including phenoxy) is 2. The molecule has 0 saturated carbocycles. The van der Waals surface area contributed by atoms with Gasteiger partial charge in [0.1, 0.15) is 0 Å². The van der Waals surface area contributed by atoms with E-state index in [9.17, 15) is 19.7 Å². The van der Waals surface area contributed by atoms with Crippen LogP contribution in [0.3, 0.4) is 0 Å². The van der Waals surface area contributed by atoms with Gasteiger partial charge in [0, 0.05) is 18.5 Å². The standard InChI is InChI=1S/C17H13N3O6/c1-19-16(21)12-6-4-3-5-11(12)15(18-19)17(22)26-14-9-10(20(23)24)7-8-13(14)25-2/h3-9H,1-2H3. The molecule has 132 valence electrons. The smallest absolute Gasteiger partial charge is 0.364 e. The van der Waals surface area contributed by atoms with E-state index < -0.39 is 10.9 Å². The van der Waals surface area contributed by atoms with Crippen molar-refractivity contribution in [1.29, 1.82) is 0 Å². The monoisotopic (exact) mass is 355 g/mol. The van der Waals surface area contributed by atoms with Crippen molar-refractivity contribution in [3.05, 3.63) is 68.6 Å². The Labute approximate surface area is 146 Å². The number of aryl methyl sites for hydroxylation is 1. The van der Waals surface area contributed by atoms with Gasteiger partial charge in [-0.25, -0.2) is 9.48 Å². The van der Waals surface area contributed by atoms with Crippen molar-refractivity contribution in [2.75, 3.05) is 7.11 Å². The highest BCUT2D eigenvalue weighted by Crippen LogP contribution is 2.32. The molecule has 26 heavy (non-hydrogen) atoms. The highest BCUT2D eigenvalue weighted by Gasteiger charge is 2.21. The number of methoxy groups -OCH3 is 1. The molecule has 9 heteroatoms. The molecular formula is C17H13N3O6. The van der Waals surface area contributed by atoms with Crippen LogP contribution < -0.4 is 15.0 Å². The normalized spacial score (nSPS) is 10.5. The summed E-state index contributed by atoms with van der Waals surface area (Å²) in [6.07, 6.45) is 0. The maximum atomic E-state index is 12.6. The van der Waals surface area contributed by atoms with E-state index >= 15 is 0 Å². The van der Waals surface area contributed by atoms with Gasteiger partial charge in [-0.1, -0.05) is 18.2 Å². The minimum atomic E-state index is -0.865. The molecule has 3 aromatic rings. The molecule has 0 amide bonds. The molecule has 1 heterocycles. The average molecular weight is 355 g/mol. The highest BCUT2D eigenvalue weighted by atomic mass is 16.6. The number of nitro groups is 1. The van der Waals surface area contributed by atoms with Gasteiger partial charge in [0.2, 0.25) is 0 Å². The van der Waals surface area contributed by atoms with Crippen LogP contribution in [0.4, 0.5) is 5.69 Å². The summed E-state index contributed by atoms with van der Waals surface area (Å²) in [4.78, 5) is 35.1. The summed E-state index contributed by atoms with van der Waals surface area (Å²) in [7, 11) is 2.76. The summed E-state index contributed by atoms with van der Waals surface area (Å²) in [5.74, 6) is -0.833. The molecule has 0 bridgehead atoms. The van der Waals surface area contributed by atoms with Crippen LogP contribution in [0.1, 0.15) is 10.5 Å². The van der Waals surface area contributed by atoms with Gasteiger partial charge < -0.3 is 9.47 Å². The molecule has 0 fully saturated rings. The predicted molar refractivity (Wildman–Crippen MR) is 91.6 cm³/mol. The first-order valence-corrected chi connectivity index (χ1v) is 7.43. The van der Waals surface area contributed by atoms with Crippen molar-refractivity contribution < 1.29 is 19.2 Å². The van der Waals surface area contributed by atoms with Crippen molar-refractivity contribution in [2.45, 2.75) is 0 Å². The van der Waals surface area contributed by atoms with Crippen LogP contribution in [0.5, 0.6) is 11.5 Å². The van der Waals surface area contributed by atoms with Crippen LogP contribution >= 0.6 is 0 Å². The molecule has 0 saturated heterocycles. The maximum Gasteiger partial charge on any atom is 0.364 e. The van der Waals surface area contributed by atoms with Gasteiger partial charge in [0.05, 0.1) is 23.5 Å². The quantitative estimate of drug-likeness (QED) is 0.305. The molecule has 3 rings (SSSR count). The number of carbonyl (C=O) groups is 1. The summed E-state index contributed by atoms with van der Waals surface area (Å²) in [5, 5.41) is 15.5. The van der Waals surface area contributed by atoms with Gasteiger partial charge in [-0.15, -0.1) is 0 Å². The Morgan fingerprint density at radius 2 is 1.85 bits per heavy atom. The lowest BCUT2D eigenvalue weighted by molar-refractivity contribution is -0.384. The zero-order valence-corrected chi connectivity index (χ0v) is 13.8. The number of carbonyl (C=O) groups excluding carboxylic acids is 1. The Morgan fingerprint density at radius 3 is 2.50 bits per heavy atom. The van der Waals surface area contributed by atoms with Gasteiger partial charge in [-0.05, 0) is 12.1 Å². The summed E-state index contributed by atoms with van der Waals surface area (Å²) >= 11 is 0. The first kappa shape index (κ1) is 17.1. The van der Waals surface area contributed by atoms with Gasteiger partial charge in [0.15, 0.2) is 17.2 Å². The number of non-ortho nitro benzene ring substituents is 1. The fourth-order valence-corrected chi connectivity index (χ4v) is 2.46. The number of nitrogens with zero attached hydrogens (tertiary/aromatic N) is 3. The highest BCUT2D eigenvalue weighted by molar-refractivity contribution is 6.03. The first-order chi connectivity index (χ1) is 12.4. The van der Waals surface area contributed by atoms with Gasteiger partial charge >= 0.3 is 5.97 Å². The molecule has 9 nitrogen and oxygen atoms in total. The third kappa shape index (κ3) is 2.97. The number of esters is 1. The fraction of sp³-hybridized carbons (Fsp3) is 0.118. The lowest BCUT2D eigenvalue weighted by Crippen LogP contribution is -2.24. The lowest BCUT2D eigenvalue weighted by atomic mass is 10.1. The van der Waals surface area contributed by atoms with Crippen LogP contribution in [0, 0.1) is 10.1 Å². The van der Waals surface area contributed by atoms with Gasteiger partial charge in [0.25, 0.3) is 11.2 Å². The summed E-state index contributed by atoms with van der Waals surface area (Å²) < 4.78 is 11.4. The third-order valence-corrected chi connectivity index (χ3v) is 3.71. The van der Waals surface area contributed by atoms with E-state index in [1.54, 1.807) is 24.3 Å². The molecule has 0 spiro atoms. The second kappa shape index (κ2) is 6.63. The second-order valence-electron chi connectivity index (χ2n) is 5.30. The van der Waals surface area contributed by atoms with Crippen LogP contribution in [0.25, 0.3) is 10.8 Å². The Bertz CT molecular complexity index is 1090. The molecule has 0 aliphatic carbocycles. The van der Waals surface area contributed by atoms with E-state index in [1.807, 2.05) is 0 Å². The summed E-state index contributed by atoms with van der Waals surface area (Å²) in [6, 6.07) is 10.1. The molecular weight excluding hydrogens is 342 g/mol. The lowest BCUT2D eigenvalue weighted by Gasteiger charge is -2.10. The molecule has 0 aliphatic rings. The van der Waals surface area contributed by atoms with Gasteiger partial charge in [-0.3, -0.25) is 14.9 Å². The molecule has 0 aliphatic heterocycles. The van der Waals surface area contributed by atoms with Crippen molar-refractivity contribution >= 4 is 22.4 Å². The van der Waals surface area contributed by atoms with E-state index in [-0.39, 0.29) is 28.4 Å². The van der Waals surface area contributed by atoms with Crippen LogP contribution in [0.2, 0.25) is 0 Å². The number of hydrogen-bond acceptors (Lipinski definition) is 7. The molecule has 0 atom stereocenters. The summed E-state index contributed by atoms with van der Waals surface area (Å²) in [5.41, 5.74) is -0.701. The van der Waals surface area contributed by atoms with E-state index in [0.717, 1.165) is 10.7 Å². The van der Waals surface area contributed by atoms with Crippen molar-refractivity contribution in [2.24, 2.45) is 7.05 Å². The van der Waals surface area contributed by atoms with Gasteiger partial charge in [-0.2, -0.15) is 5.10 Å². The van der Waals surface area contributed by atoms with Crippen LogP contribution in [0.15, 0.2) is 47.3 Å². The maximum absolute atomic E-state index is 12.6. The van der Waals surface area contributed by atoms with E-state index in [1.165, 1.54) is 26.3 Å². The largest absolute Gasteiger partial charge is 0.493 e. The first-order valence-electron chi connectivity index (χ1n) is 7.43. The zero-order chi connectivity index (χ0) is 18.8. The van der Waals surface area contributed by atoms with E-state index in [4.69, 9.17) is 9.47 Å². The number of rotatable bonds is 4. The number of hydrogen-bond donors (Lipinski definition) is 0. The summed E-state index contributed by atoms with van der Waals surface area (Å²) in [6.45, 7) is 0. The topological polar surface area (TPSA) is 114 Å². The molecule has 0 N–H and O–H groups in total. The Hall–Kier alpha value is -3.75. The second-order valence-corrected chi connectivity index (χ2v) is 5.30. The van der Waals surface area contributed by atoms with Crippen LogP contribution in [-0.2, 0) is 7.05 Å². The molecule has 2 aromatic carbocycles. The zero-order valence-electron chi connectivity index (χ0n) is 13.8. The Balaban J connectivity index is 2.08. The molecule has 0 unspecified atom stereocenters. The van der Waals surface area contributed by atoms with E-state index in [0.29, 0.717) is 10.8 Å². The van der Waals surface area contributed by atoms with Crippen LogP contribution in [-0.4, -0.2) is 27.8 Å². The minimum absolute atomic E-state index is 0.0868. The number of benzene rings is 2. The Kier molecular flexibility index (Phi) is 4.36. The molecule has 0 radical (unpaired) electrons. The minimum Gasteiger partial charge on any atom is -0.493 e. The molecule has 1 aromatic heterocycles. The number of nitro benzene ring substituents is 1. The SMILES string of the molecule is COc1ccc([N+](=O)[O-])cc1OC(=O)c1nn(C)c(=O)c2ccccc12.